The molecule has 0 aliphatic heterocycles. The van der Waals surface area contributed by atoms with Crippen LogP contribution >= 0.6 is 11.3 Å². The highest BCUT2D eigenvalue weighted by atomic mass is 32.1. The fourth-order valence-corrected chi connectivity index (χ4v) is 3.25. The SMILES string of the molecule is COc1c(-c2sc(C)nc2C)cccc1C(C)(C)C. The highest BCUT2D eigenvalue weighted by molar-refractivity contribution is 7.15. The minimum atomic E-state index is 0.0645. The van der Waals surface area contributed by atoms with E-state index in [9.17, 15) is 0 Å². The third kappa shape index (κ3) is 2.66. The van der Waals surface area contributed by atoms with E-state index < -0.39 is 0 Å². The van der Waals surface area contributed by atoms with E-state index in [1.54, 1.807) is 18.4 Å². The number of nitrogens with zero attached hydrogens (tertiary/aromatic N) is 1. The van der Waals surface area contributed by atoms with Crippen LogP contribution in [0, 0.1) is 13.8 Å². The molecule has 0 unspecified atom stereocenters. The number of hydrogen-bond donors (Lipinski definition) is 0. The molecule has 3 heteroatoms. The van der Waals surface area contributed by atoms with E-state index in [0.717, 1.165) is 22.0 Å². The van der Waals surface area contributed by atoms with Gasteiger partial charge < -0.3 is 4.74 Å². The van der Waals surface area contributed by atoms with E-state index in [2.05, 4.69) is 50.9 Å². The van der Waals surface area contributed by atoms with E-state index in [1.165, 1.54) is 10.4 Å². The van der Waals surface area contributed by atoms with Gasteiger partial charge in [0.05, 0.1) is 22.7 Å². The molecule has 0 saturated carbocycles. The Labute approximate surface area is 119 Å². The summed E-state index contributed by atoms with van der Waals surface area (Å²) in [6.07, 6.45) is 0. The largest absolute Gasteiger partial charge is 0.496 e. The summed E-state index contributed by atoms with van der Waals surface area (Å²) in [7, 11) is 1.75. The van der Waals surface area contributed by atoms with Crippen molar-refractivity contribution in [3.8, 4) is 16.2 Å². The molecule has 0 fully saturated rings. The predicted molar refractivity (Wildman–Crippen MR) is 82.3 cm³/mol. The normalized spacial score (nSPS) is 11.7. The molecule has 0 amide bonds. The summed E-state index contributed by atoms with van der Waals surface area (Å²) in [4.78, 5) is 5.73. The van der Waals surface area contributed by atoms with E-state index in [4.69, 9.17) is 4.74 Å². The van der Waals surface area contributed by atoms with Gasteiger partial charge in [0, 0.05) is 11.1 Å². The van der Waals surface area contributed by atoms with Crippen molar-refractivity contribution in [2.45, 2.75) is 40.0 Å². The number of rotatable bonds is 2. The molecule has 19 heavy (non-hydrogen) atoms. The minimum Gasteiger partial charge on any atom is -0.496 e. The Hall–Kier alpha value is -1.35. The minimum absolute atomic E-state index is 0.0645. The van der Waals surface area contributed by atoms with E-state index in [0.29, 0.717) is 0 Å². The van der Waals surface area contributed by atoms with Gasteiger partial charge in [-0.25, -0.2) is 4.98 Å². The van der Waals surface area contributed by atoms with E-state index in [-0.39, 0.29) is 5.41 Å². The Morgan fingerprint density at radius 3 is 2.32 bits per heavy atom. The van der Waals surface area contributed by atoms with Gasteiger partial charge in [-0.05, 0) is 25.3 Å². The first-order valence-corrected chi connectivity index (χ1v) is 7.28. The Bertz CT molecular complexity index is 593. The smallest absolute Gasteiger partial charge is 0.131 e. The van der Waals surface area contributed by atoms with Gasteiger partial charge in [-0.2, -0.15) is 0 Å². The van der Waals surface area contributed by atoms with Gasteiger partial charge in [0.1, 0.15) is 5.75 Å². The molecule has 0 N–H and O–H groups in total. The summed E-state index contributed by atoms with van der Waals surface area (Å²) < 4.78 is 5.70. The van der Waals surface area contributed by atoms with Crippen molar-refractivity contribution in [2.24, 2.45) is 0 Å². The third-order valence-electron chi connectivity index (χ3n) is 3.18. The van der Waals surface area contributed by atoms with Gasteiger partial charge in [-0.3, -0.25) is 0 Å². The van der Waals surface area contributed by atoms with Gasteiger partial charge >= 0.3 is 0 Å². The average Bonchev–Trinajstić information content (AvgIpc) is 2.66. The molecule has 1 aromatic heterocycles. The van der Waals surface area contributed by atoms with Gasteiger partial charge in [-0.15, -0.1) is 11.3 Å². The van der Waals surface area contributed by atoms with Crippen LogP contribution in [0.25, 0.3) is 10.4 Å². The van der Waals surface area contributed by atoms with E-state index in [1.807, 2.05) is 6.92 Å². The topological polar surface area (TPSA) is 22.1 Å². The summed E-state index contributed by atoms with van der Waals surface area (Å²) in [6.45, 7) is 10.7. The molecular weight excluding hydrogens is 254 g/mol. The first-order valence-electron chi connectivity index (χ1n) is 6.46. The predicted octanol–water partition coefficient (Wildman–Crippen LogP) is 4.73. The van der Waals surface area contributed by atoms with Crippen molar-refractivity contribution < 1.29 is 4.74 Å². The summed E-state index contributed by atoms with van der Waals surface area (Å²) in [6, 6.07) is 6.37. The standard InChI is InChI=1S/C16H21NOS/c1-10-15(19-11(2)17-10)12-8-7-9-13(14(12)18-6)16(3,4)5/h7-9H,1-6H3. The molecule has 1 aromatic carbocycles. The van der Waals surface area contributed by atoms with Crippen LogP contribution in [-0.4, -0.2) is 12.1 Å². The lowest BCUT2D eigenvalue weighted by Crippen LogP contribution is -2.13. The van der Waals surface area contributed by atoms with Crippen molar-refractivity contribution in [1.82, 2.24) is 4.98 Å². The molecule has 0 atom stereocenters. The van der Waals surface area contributed by atoms with Crippen molar-refractivity contribution >= 4 is 11.3 Å². The first-order chi connectivity index (χ1) is 8.84. The zero-order valence-corrected chi connectivity index (χ0v) is 13.3. The van der Waals surface area contributed by atoms with Crippen molar-refractivity contribution in [1.29, 1.82) is 0 Å². The van der Waals surface area contributed by atoms with Crippen LogP contribution in [0.5, 0.6) is 5.75 Å². The number of methoxy groups -OCH3 is 1. The average molecular weight is 275 g/mol. The number of para-hydroxylation sites is 1. The Balaban J connectivity index is 2.68. The number of aryl methyl sites for hydroxylation is 2. The van der Waals surface area contributed by atoms with Crippen LogP contribution in [-0.2, 0) is 5.41 Å². The lowest BCUT2D eigenvalue weighted by Gasteiger charge is -2.23. The number of thiazole rings is 1. The molecule has 2 aromatic rings. The van der Waals surface area contributed by atoms with Crippen LogP contribution in [0.1, 0.15) is 37.0 Å². The summed E-state index contributed by atoms with van der Waals surface area (Å²) in [5.41, 5.74) is 3.53. The monoisotopic (exact) mass is 275 g/mol. The summed E-state index contributed by atoms with van der Waals surface area (Å²) >= 11 is 1.73. The number of aromatic nitrogens is 1. The zero-order valence-electron chi connectivity index (χ0n) is 12.5. The molecule has 0 bridgehead atoms. The van der Waals surface area contributed by atoms with E-state index >= 15 is 0 Å². The van der Waals surface area contributed by atoms with Gasteiger partial charge in [0.25, 0.3) is 0 Å². The Kier molecular flexibility index (Phi) is 3.68. The molecule has 0 radical (unpaired) electrons. The Morgan fingerprint density at radius 1 is 1.16 bits per heavy atom. The van der Waals surface area contributed by atoms with Crippen LogP contribution in [0.15, 0.2) is 18.2 Å². The highest BCUT2D eigenvalue weighted by Crippen LogP contribution is 2.41. The second-order valence-corrected chi connectivity index (χ2v) is 6.99. The zero-order chi connectivity index (χ0) is 14.2. The molecule has 0 spiro atoms. The van der Waals surface area contributed by atoms with Gasteiger partial charge in [-0.1, -0.05) is 32.9 Å². The lowest BCUT2D eigenvalue weighted by molar-refractivity contribution is 0.399. The first kappa shape index (κ1) is 14.1. The summed E-state index contributed by atoms with van der Waals surface area (Å²) in [5, 5.41) is 1.09. The second-order valence-electron chi connectivity index (χ2n) is 5.78. The second kappa shape index (κ2) is 4.97. The maximum absolute atomic E-state index is 5.70. The lowest BCUT2D eigenvalue weighted by atomic mass is 9.85. The summed E-state index contributed by atoms with van der Waals surface area (Å²) in [5.74, 6) is 0.974. The number of ether oxygens (including phenoxy) is 1. The van der Waals surface area contributed by atoms with Crippen LogP contribution in [0.4, 0.5) is 0 Å². The molecule has 102 valence electrons. The van der Waals surface area contributed by atoms with Crippen molar-refractivity contribution in [2.75, 3.05) is 7.11 Å². The molecule has 0 aliphatic rings. The van der Waals surface area contributed by atoms with Gasteiger partial charge in [0.2, 0.25) is 0 Å². The fraction of sp³-hybridized carbons (Fsp3) is 0.438. The molecule has 2 nitrogen and oxygen atoms in total. The molecule has 1 heterocycles. The number of hydrogen-bond acceptors (Lipinski definition) is 3. The highest BCUT2D eigenvalue weighted by Gasteiger charge is 2.22. The van der Waals surface area contributed by atoms with Crippen LogP contribution in [0.2, 0.25) is 0 Å². The quantitative estimate of drug-likeness (QED) is 0.790. The maximum atomic E-state index is 5.70. The van der Waals surface area contributed by atoms with Crippen LogP contribution in [0.3, 0.4) is 0 Å². The Morgan fingerprint density at radius 2 is 1.84 bits per heavy atom. The molecular formula is C16H21NOS. The molecule has 2 rings (SSSR count). The van der Waals surface area contributed by atoms with Gasteiger partial charge in [0.15, 0.2) is 0 Å². The maximum Gasteiger partial charge on any atom is 0.131 e. The van der Waals surface area contributed by atoms with Crippen LogP contribution < -0.4 is 4.74 Å². The molecule has 0 saturated heterocycles. The number of benzene rings is 1. The molecule has 0 aliphatic carbocycles. The third-order valence-corrected chi connectivity index (χ3v) is 4.28. The van der Waals surface area contributed by atoms with Crippen molar-refractivity contribution in [3.63, 3.8) is 0 Å². The van der Waals surface area contributed by atoms with Crippen molar-refractivity contribution in [3.05, 3.63) is 34.5 Å². The fourth-order valence-electron chi connectivity index (χ4n) is 2.31.